The van der Waals surface area contributed by atoms with Gasteiger partial charge in [-0.15, -0.1) is 5.10 Å². The molecule has 5 heteroatoms. The topological polar surface area (TPSA) is 68.0 Å². The molecule has 0 saturated heterocycles. The molecule has 0 aromatic carbocycles. The van der Waals surface area contributed by atoms with Crippen molar-refractivity contribution in [2.45, 2.75) is 19.8 Å². The summed E-state index contributed by atoms with van der Waals surface area (Å²) in [5, 5.41) is 9.74. The molecule has 1 N–H and O–H groups in total. The highest BCUT2D eigenvalue weighted by Gasteiger charge is 2.09. The van der Waals surface area contributed by atoms with E-state index in [0.29, 0.717) is 5.89 Å². The molecule has 0 atom stereocenters. The van der Waals surface area contributed by atoms with E-state index in [0.717, 1.165) is 6.08 Å². The molecule has 1 aromatic heterocycles. The van der Waals surface area contributed by atoms with E-state index < -0.39 is 0 Å². The van der Waals surface area contributed by atoms with E-state index in [-0.39, 0.29) is 17.8 Å². The van der Waals surface area contributed by atoms with Crippen LogP contribution in [0.25, 0.3) is 0 Å². The smallest absolute Gasteiger partial charge is 0.322 e. The first-order valence-electron chi connectivity index (χ1n) is 3.90. The molecule has 0 saturated carbocycles. The number of nitrogens with one attached hydrogen (secondary N) is 1. The fourth-order valence-electron chi connectivity index (χ4n) is 0.675. The molecule has 1 heterocycles. The van der Waals surface area contributed by atoms with Crippen LogP contribution < -0.4 is 5.32 Å². The van der Waals surface area contributed by atoms with Crippen molar-refractivity contribution in [2.24, 2.45) is 0 Å². The van der Waals surface area contributed by atoms with Crippen LogP contribution in [0.5, 0.6) is 0 Å². The Balaban J connectivity index is 2.69. The van der Waals surface area contributed by atoms with Gasteiger partial charge in [0, 0.05) is 5.92 Å². The first-order valence-corrected chi connectivity index (χ1v) is 3.90. The van der Waals surface area contributed by atoms with Crippen molar-refractivity contribution in [3.63, 3.8) is 0 Å². The van der Waals surface area contributed by atoms with Gasteiger partial charge in [-0.1, -0.05) is 25.5 Å². The fourth-order valence-corrected chi connectivity index (χ4v) is 0.675. The van der Waals surface area contributed by atoms with Gasteiger partial charge in [-0.05, 0) is 6.08 Å². The van der Waals surface area contributed by atoms with E-state index >= 15 is 0 Å². The van der Waals surface area contributed by atoms with Gasteiger partial charge in [-0.25, -0.2) is 0 Å². The summed E-state index contributed by atoms with van der Waals surface area (Å²) >= 11 is 0. The molecule has 0 spiro atoms. The second-order valence-corrected chi connectivity index (χ2v) is 2.79. The predicted octanol–water partition coefficient (Wildman–Crippen LogP) is 1.32. The van der Waals surface area contributed by atoms with E-state index in [1.807, 2.05) is 13.8 Å². The molecule has 5 nitrogen and oxygen atoms in total. The van der Waals surface area contributed by atoms with Crippen LogP contribution >= 0.6 is 0 Å². The summed E-state index contributed by atoms with van der Waals surface area (Å²) in [5.41, 5.74) is 0. The number of nitrogens with zero attached hydrogens (tertiary/aromatic N) is 2. The van der Waals surface area contributed by atoms with Crippen LogP contribution in [0.1, 0.15) is 25.7 Å². The van der Waals surface area contributed by atoms with Crippen LogP contribution in [-0.4, -0.2) is 16.1 Å². The Kier molecular flexibility index (Phi) is 2.79. The predicted molar refractivity (Wildman–Crippen MR) is 47.2 cm³/mol. The summed E-state index contributed by atoms with van der Waals surface area (Å²) in [6, 6.07) is 0.105. The molecular weight excluding hydrogens is 170 g/mol. The van der Waals surface area contributed by atoms with Gasteiger partial charge in [0.25, 0.3) is 5.91 Å². The van der Waals surface area contributed by atoms with Gasteiger partial charge in [0.05, 0.1) is 0 Å². The third-order valence-electron chi connectivity index (χ3n) is 1.35. The SMILES string of the molecule is C=CC(=O)Nc1nnc(C(C)C)o1. The number of carbonyl (C=O) groups excluding carboxylic acids is 1. The molecule has 1 amide bonds. The lowest BCUT2D eigenvalue weighted by Crippen LogP contribution is -2.07. The molecule has 0 aliphatic heterocycles. The summed E-state index contributed by atoms with van der Waals surface area (Å²) < 4.78 is 5.12. The van der Waals surface area contributed by atoms with Crippen LogP contribution in [-0.2, 0) is 4.79 Å². The minimum atomic E-state index is -0.362. The fraction of sp³-hybridized carbons (Fsp3) is 0.375. The summed E-state index contributed by atoms with van der Waals surface area (Å²) in [5.74, 6) is 0.292. The third kappa shape index (κ3) is 2.40. The van der Waals surface area contributed by atoms with Gasteiger partial charge >= 0.3 is 6.01 Å². The minimum Gasteiger partial charge on any atom is -0.408 e. The highest BCUT2D eigenvalue weighted by atomic mass is 16.4. The van der Waals surface area contributed by atoms with Crippen LogP contribution in [0.2, 0.25) is 0 Å². The quantitative estimate of drug-likeness (QED) is 0.714. The molecule has 0 bridgehead atoms. The number of anilines is 1. The van der Waals surface area contributed by atoms with Crippen molar-refractivity contribution in [3.05, 3.63) is 18.5 Å². The Hall–Kier alpha value is -1.65. The van der Waals surface area contributed by atoms with Gasteiger partial charge in [0.2, 0.25) is 5.89 Å². The highest BCUT2D eigenvalue weighted by molar-refractivity contribution is 5.97. The van der Waals surface area contributed by atoms with Crippen molar-refractivity contribution >= 4 is 11.9 Å². The molecule has 0 fully saturated rings. The summed E-state index contributed by atoms with van der Waals surface area (Å²) in [6.45, 7) is 7.14. The van der Waals surface area contributed by atoms with Gasteiger partial charge in [0.15, 0.2) is 0 Å². The lowest BCUT2D eigenvalue weighted by atomic mass is 10.2. The van der Waals surface area contributed by atoms with Crippen molar-refractivity contribution in [2.75, 3.05) is 5.32 Å². The normalized spacial score (nSPS) is 10.1. The van der Waals surface area contributed by atoms with Crippen LogP contribution in [0.3, 0.4) is 0 Å². The second kappa shape index (κ2) is 3.84. The van der Waals surface area contributed by atoms with Crippen molar-refractivity contribution in [1.29, 1.82) is 0 Å². The average molecular weight is 181 g/mol. The molecule has 0 aliphatic rings. The summed E-state index contributed by atoms with van der Waals surface area (Å²) in [4.78, 5) is 10.8. The molecule has 70 valence electrons. The van der Waals surface area contributed by atoms with Crippen LogP contribution in [0.4, 0.5) is 6.01 Å². The molecule has 1 aromatic rings. The molecule has 0 radical (unpaired) electrons. The summed E-state index contributed by atoms with van der Waals surface area (Å²) in [6.07, 6.45) is 1.14. The zero-order valence-electron chi connectivity index (χ0n) is 7.57. The standard InChI is InChI=1S/C8H11N3O2/c1-4-6(12)9-8-11-10-7(13-8)5(2)3/h4-5H,1H2,2-3H3,(H,9,11,12). The first kappa shape index (κ1) is 9.44. The Bertz CT molecular complexity index is 317. The van der Waals surface area contributed by atoms with Gasteiger partial charge in [-0.2, -0.15) is 0 Å². The number of aromatic nitrogens is 2. The lowest BCUT2D eigenvalue weighted by Gasteiger charge is -1.95. The third-order valence-corrected chi connectivity index (χ3v) is 1.35. The lowest BCUT2D eigenvalue weighted by molar-refractivity contribution is -0.112. The largest absolute Gasteiger partial charge is 0.408 e. The maximum atomic E-state index is 10.8. The Morgan fingerprint density at radius 1 is 1.62 bits per heavy atom. The summed E-state index contributed by atoms with van der Waals surface area (Å²) in [7, 11) is 0. The Morgan fingerprint density at radius 3 is 2.77 bits per heavy atom. The van der Waals surface area contributed by atoms with E-state index in [1.165, 1.54) is 0 Å². The van der Waals surface area contributed by atoms with Crippen LogP contribution in [0.15, 0.2) is 17.1 Å². The Morgan fingerprint density at radius 2 is 2.31 bits per heavy atom. The number of hydrogen-bond acceptors (Lipinski definition) is 4. The van der Waals surface area contributed by atoms with E-state index in [2.05, 4.69) is 22.1 Å². The Labute approximate surface area is 75.8 Å². The number of carbonyl (C=O) groups is 1. The molecule has 0 aliphatic carbocycles. The molecule has 0 unspecified atom stereocenters. The van der Waals surface area contributed by atoms with E-state index in [4.69, 9.17) is 4.42 Å². The number of amides is 1. The maximum Gasteiger partial charge on any atom is 0.322 e. The van der Waals surface area contributed by atoms with E-state index in [1.54, 1.807) is 0 Å². The number of hydrogen-bond donors (Lipinski definition) is 1. The molecule has 1 rings (SSSR count). The van der Waals surface area contributed by atoms with Gasteiger partial charge < -0.3 is 4.42 Å². The maximum absolute atomic E-state index is 10.8. The van der Waals surface area contributed by atoms with Crippen molar-refractivity contribution < 1.29 is 9.21 Å². The second-order valence-electron chi connectivity index (χ2n) is 2.79. The molecule has 13 heavy (non-hydrogen) atoms. The molecular formula is C8H11N3O2. The average Bonchev–Trinajstić information content (AvgIpc) is 2.52. The first-order chi connectivity index (χ1) is 6.13. The van der Waals surface area contributed by atoms with E-state index in [9.17, 15) is 4.79 Å². The van der Waals surface area contributed by atoms with Crippen LogP contribution in [0, 0.1) is 0 Å². The zero-order valence-corrected chi connectivity index (χ0v) is 7.57. The zero-order chi connectivity index (χ0) is 9.84. The van der Waals surface area contributed by atoms with Gasteiger partial charge in [0.1, 0.15) is 0 Å². The monoisotopic (exact) mass is 181 g/mol. The van der Waals surface area contributed by atoms with Gasteiger partial charge in [-0.3, -0.25) is 10.1 Å². The van der Waals surface area contributed by atoms with Crippen molar-refractivity contribution in [3.8, 4) is 0 Å². The minimum absolute atomic E-state index is 0.105. The van der Waals surface area contributed by atoms with Crippen molar-refractivity contribution in [1.82, 2.24) is 10.2 Å². The highest BCUT2D eigenvalue weighted by Crippen LogP contribution is 2.14. The number of rotatable bonds is 3.